The van der Waals surface area contributed by atoms with Gasteiger partial charge >= 0.3 is 0 Å². The number of piperidine rings is 1. The number of nitrogens with zero attached hydrogens (tertiary/aromatic N) is 2. The van der Waals surface area contributed by atoms with Crippen molar-refractivity contribution in [3.63, 3.8) is 0 Å². The second-order valence-electron chi connectivity index (χ2n) is 6.24. The molecule has 1 unspecified atom stereocenters. The van der Waals surface area contributed by atoms with Crippen LogP contribution in [0.1, 0.15) is 32.9 Å². The summed E-state index contributed by atoms with van der Waals surface area (Å²) in [5, 5.41) is 5.14. The van der Waals surface area contributed by atoms with Crippen LogP contribution in [0.25, 0.3) is 0 Å². The van der Waals surface area contributed by atoms with E-state index in [1.54, 1.807) is 24.1 Å². The maximum Gasteiger partial charge on any atom is 0.268 e. The Balaban J connectivity index is 0.00000243. The van der Waals surface area contributed by atoms with Crippen molar-refractivity contribution in [2.24, 2.45) is 0 Å². The molecule has 1 aromatic heterocycles. The van der Waals surface area contributed by atoms with E-state index in [0.717, 1.165) is 19.4 Å². The molecule has 0 bridgehead atoms. The molecule has 1 atom stereocenters. The van der Waals surface area contributed by atoms with Crippen molar-refractivity contribution in [1.29, 1.82) is 0 Å². The zero-order valence-electron chi connectivity index (χ0n) is 15.0. The zero-order valence-corrected chi connectivity index (χ0v) is 16.6. The van der Waals surface area contributed by atoms with Gasteiger partial charge in [-0.05, 0) is 43.5 Å². The Morgan fingerprint density at radius 1 is 1.23 bits per heavy atom. The van der Waals surface area contributed by atoms with Crippen LogP contribution in [0.15, 0.2) is 41.8 Å². The SMILES string of the molecule is CNC1CCCN(C(=O)c2ccccc2N(C)C(=O)c2cccs2)C1.Cl. The summed E-state index contributed by atoms with van der Waals surface area (Å²) in [4.78, 5) is 29.8. The second kappa shape index (κ2) is 9.16. The Morgan fingerprint density at radius 2 is 2.00 bits per heavy atom. The first-order valence-electron chi connectivity index (χ1n) is 8.49. The van der Waals surface area contributed by atoms with Crippen molar-refractivity contribution in [2.45, 2.75) is 18.9 Å². The Labute approximate surface area is 164 Å². The molecule has 1 N–H and O–H groups in total. The third-order valence-electron chi connectivity index (χ3n) is 4.65. The molecule has 0 spiro atoms. The molecule has 0 radical (unpaired) electrons. The third-order valence-corrected chi connectivity index (χ3v) is 5.51. The van der Waals surface area contributed by atoms with Crippen molar-refractivity contribution >= 4 is 41.2 Å². The number of carbonyl (C=O) groups excluding carboxylic acids is 2. The van der Waals surface area contributed by atoms with Crippen LogP contribution >= 0.6 is 23.7 Å². The van der Waals surface area contributed by atoms with Gasteiger partial charge in [-0.25, -0.2) is 0 Å². The number of likely N-dealkylation sites (N-methyl/N-ethyl adjacent to an activating group) is 1. The molecular formula is C19H24ClN3O2S. The molecule has 26 heavy (non-hydrogen) atoms. The first kappa shape index (κ1) is 20.4. The number of benzene rings is 1. The van der Waals surface area contributed by atoms with Crippen LogP contribution in [-0.2, 0) is 0 Å². The van der Waals surface area contributed by atoms with Crippen molar-refractivity contribution in [1.82, 2.24) is 10.2 Å². The first-order chi connectivity index (χ1) is 12.1. The molecule has 0 aliphatic carbocycles. The predicted molar refractivity (Wildman–Crippen MR) is 109 cm³/mol. The summed E-state index contributed by atoms with van der Waals surface area (Å²) in [5.74, 6) is -0.108. The minimum atomic E-state index is -0.0954. The molecule has 1 fully saturated rings. The summed E-state index contributed by atoms with van der Waals surface area (Å²) in [7, 11) is 3.65. The molecule has 1 aromatic carbocycles. The van der Waals surface area contributed by atoms with Crippen LogP contribution in [-0.4, -0.2) is 49.9 Å². The molecule has 2 aromatic rings. The Morgan fingerprint density at radius 3 is 2.69 bits per heavy atom. The highest BCUT2D eigenvalue weighted by molar-refractivity contribution is 7.12. The molecule has 1 saturated heterocycles. The van der Waals surface area contributed by atoms with Crippen LogP contribution in [0.4, 0.5) is 5.69 Å². The van der Waals surface area contributed by atoms with Gasteiger partial charge in [0.25, 0.3) is 11.8 Å². The van der Waals surface area contributed by atoms with Crippen LogP contribution in [0.2, 0.25) is 0 Å². The maximum atomic E-state index is 13.1. The number of para-hydroxylation sites is 1. The second-order valence-corrected chi connectivity index (χ2v) is 7.19. The minimum Gasteiger partial charge on any atom is -0.337 e. The highest BCUT2D eigenvalue weighted by Crippen LogP contribution is 2.25. The van der Waals surface area contributed by atoms with Crippen molar-refractivity contribution < 1.29 is 9.59 Å². The van der Waals surface area contributed by atoms with E-state index in [-0.39, 0.29) is 24.2 Å². The van der Waals surface area contributed by atoms with Crippen LogP contribution < -0.4 is 10.2 Å². The normalized spacial score (nSPS) is 16.7. The van der Waals surface area contributed by atoms with E-state index in [1.165, 1.54) is 11.3 Å². The van der Waals surface area contributed by atoms with Crippen molar-refractivity contribution in [3.8, 4) is 0 Å². The lowest BCUT2D eigenvalue weighted by atomic mass is 10.0. The molecule has 2 amide bonds. The zero-order chi connectivity index (χ0) is 17.8. The van der Waals surface area contributed by atoms with Crippen molar-refractivity contribution in [3.05, 3.63) is 52.2 Å². The lowest BCUT2D eigenvalue weighted by Gasteiger charge is -2.33. The largest absolute Gasteiger partial charge is 0.337 e. The van der Waals surface area contributed by atoms with E-state index < -0.39 is 0 Å². The van der Waals surface area contributed by atoms with E-state index >= 15 is 0 Å². The Hall–Kier alpha value is -1.89. The number of halogens is 1. The number of likely N-dealkylation sites (tertiary alicyclic amines) is 1. The van der Waals surface area contributed by atoms with Gasteiger partial charge in [0.15, 0.2) is 0 Å². The van der Waals surface area contributed by atoms with E-state index in [0.29, 0.717) is 28.7 Å². The monoisotopic (exact) mass is 393 g/mol. The molecule has 7 heteroatoms. The number of hydrogen-bond donors (Lipinski definition) is 1. The van der Waals surface area contributed by atoms with Crippen LogP contribution in [0.5, 0.6) is 0 Å². The summed E-state index contributed by atoms with van der Waals surface area (Å²) in [6, 6.07) is 11.3. The number of thiophene rings is 1. The molecule has 1 aliphatic rings. The number of nitrogens with one attached hydrogen (secondary N) is 1. The van der Waals surface area contributed by atoms with E-state index in [9.17, 15) is 9.59 Å². The lowest BCUT2D eigenvalue weighted by Crippen LogP contribution is -2.47. The Bertz CT molecular complexity index is 751. The summed E-state index contributed by atoms with van der Waals surface area (Å²) in [6.45, 7) is 1.46. The fraction of sp³-hybridized carbons (Fsp3) is 0.368. The molecule has 140 valence electrons. The van der Waals surface area contributed by atoms with Crippen molar-refractivity contribution in [2.75, 3.05) is 32.1 Å². The average molecular weight is 394 g/mol. The quantitative estimate of drug-likeness (QED) is 0.867. The highest BCUT2D eigenvalue weighted by atomic mass is 35.5. The average Bonchev–Trinajstić information content (AvgIpc) is 3.21. The van der Waals surface area contributed by atoms with Gasteiger partial charge in [0.1, 0.15) is 0 Å². The topological polar surface area (TPSA) is 52.7 Å². The van der Waals surface area contributed by atoms with Gasteiger partial charge in [0.2, 0.25) is 0 Å². The summed E-state index contributed by atoms with van der Waals surface area (Å²) in [6.07, 6.45) is 2.07. The molecule has 3 rings (SSSR count). The van der Waals surface area contributed by atoms with Crippen LogP contribution in [0, 0.1) is 0 Å². The van der Waals surface area contributed by atoms with Gasteiger partial charge in [-0.15, -0.1) is 23.7 Å². The van der Waals surface area contributed by atoms with Crippen LogP contribution in [0.3, 0.4) is 0 Å². The Kier molecular flexibility index (Phi) is 7.20. The van der Waals surface area contributed by atoms with Gasteiger partial charge in [-0.3, -0.25) is 9.59 Å². The number of anilines is 1. The standard InChI is InChI=1S/C19H23N3O2S.ClH/c1-20-14-7-5-11-22(13-14)18(23)15-8-3-4-9-16(15)21(2)19(24)17-10-6-12-25-17;/h3-4,6,8-10,12,14,20H,5,7,11,13H2,1-2H3;1H. The van der Waals surface area contributed by atoms with Gasteiger partial charge in [-0.1, -0.05) is 18.2 Å². The summed E-state index contributed by atoms with van der Waals surface area (Å²) in [5.41, 5.74) is 1.23. The fourth-order valence-corrected chi connectivity index (χ4v) is 3.89. The summed E-state index contributed by atoms with van der Waals surface area (Å²) < 4.78 is 0. The van der Waals surface area contributed by atoms with Gasteiger partial charge in [0.05, 0.1) is 16.1 Å². The lowest BCUT2D eigenvalue weighted by molar-refractivity contribution is 0.0699. The number of carbonyl (C=O) groups is 2. The predicted octanol–water partition coefficient (Wildman–Crippen LogP) is 3.27. The van der Waals surface area contributed by atoms with Gasteiger partial charge < -0.3 is 15.1 Å². The number of amides is 2. The molecule has 2 heterocycles. The first-order valence-corrected chi connectivity index (χ1v) is 9.37. The number of hydrogen-bond acceptors (Lipinski definition) is 4. The van der Waals surface area contributed by atoms with Gasteiger partial charge in [0, 0.05) is 26.2 Å². The fourth-order valence-electron chi connectivity index (χ4n) is 3.19. The molecule has 1 aliphatic heterocycles. The maximum absolute atomic E-state index is 13.1. The smallest absolute Gasteiger partial charge is 0.268 e. The molecular weight excluding hydrogens is 370 g/mol. The number of rotatable bonds is 4. The van der Waals surface area contributed by atoms with E-state index in [2.05, 4.69) is 5.32 Å². The minimum absolute atomic E-state index is 0. The van der Waals surface area contributed by atoms with E-state index in [4.69, 9.17) is 0 Å². The molecule has 5 nitrogen and oxygen atoms in total. The van der Waals surface area contributed by atoms with Gasteiger partial charge in [-0.2, -0.15) is 0 Å². The highest BCUT2D eigenvalue weighted by Gasteiger charge is 2.27. The third kappa shape index (κ3) is 4.26. The summed E-state index contributed by atoms with van der Waals surface area (Å²) >= 11 is 1.40. The molecule has 0 saturated carbocycles. The van der Waals surface area contributed by atoms with E-state index in [1.807, 2.05) is 41.6 Å².